The van der Waals surface area contributed by atoms with Crippen molar-refractivity contribution < 1.29 is 9.47 Å². The Kier molecular flexibility index (Phi) is 3.33. The van der Waals surface area contributed by atoms with Gasteiger partial charge in [-0.05, 0) is 44.4 Å². The molecule has 4 rings (SSSR count). The molecule has 3 heteroatoms. The molecule has 0 aromatic rings. The van der Waals surface area contributed by atoms with Gasteiger partial charge in [-0.3, -0.25) is 4.90 Å². The van der Waals surface area contributed by atoms with Crippen LogP contribution in [0.25, 0.3) is 0 Å². The van der Waals surface area contributed by atoms with Gasteiger partial charge in [0.25, 0.3) is 0 Å². The van der Waals surface area contributed by atoms with Crippen LogP contribution >= 0.6 is 0 Å². The molecule has 2 heterocycles. The van der Waals surface area contributed by atoms with Gasteiger partial charge in [-0.1, -0.05) is 6.42 Å². The summed E-state index contributed by atoms with van der Waals surface area (Å²) in [5, 5.41) is 0. The lowest BCUT2D eigenvalue weighted by Gasteiger charge is -2.48. The average Bonchev–Trinajstić information content (AvgIpc) is 3.05. The minimum atomic E-state index is 0.322. The Hall–Kier alpha value is -0.120. The zero-order valence-electron chi connectivity index (χ0n) is 12.0. The zero-order chi connectivity index (χ0) is 12.7. The van der Waals surface area contributed by atoms with Crippen molar-refractivity contribution in [3.8, 4) is 0 Å². The lowest BCUT2D eigenvalue weighted by molar-refractivity contribution is -0.0806. The summed E-state index contributed by atoms with van der Waals surface area (Å²) in [6.45, 7) is 5.37. The van der Waals surface area contributed by atoms with Crippen molar-refractivity contribution in [3.63, 3.8) is 0 Å². The Morgan fingerprint density at radius 2 is 2.05 bits per heavy atom. The van der Waals surface area contributed by atoms with Crippen molar-refractivity contribution in [3.05, 3.63) is 0 Å². The molecule has 0 bridgehead atoms. The van der Waals surface area contributed by atoms with Crippen LogP contribution in [-0.4, -0.2) is 50.0 Å². The highest BCUT2D eigenvalue weighted by atomic mass is 16.5. The lowest BCUT2D eigenvalue weighted by atomic mass is 9.75. The smallest absolute Gasteiger partial charge is 0.0678 e. The molecule has 19 heavy (non-hydrogen) atoms. The number of rotatable bonds is 5. The standard InChI is InChI=1S/C16H27NO2/c1-2-14(3-1)17-8-6-15-16(11-17,7-9-19-15)12-18-10-13-4-5-13/h13-15H,1-12H2/t15-,16+/m0/s1. The Labute approximate surface area is 116 Å². The van der Waals surface area contributed by atoms with Crippen LogP contribution in [0.15, 0.2) is 0 Å². The van der Waals surface area contributed by atoms with E-state index in [4.69, 9.17) is 9.47 Å². The number of fused-ring (bicyclic) bond motifs is 1. The largest absolute Gasteiger partial charge is 0.380 e. The fourth-order valence-electron chi connectivity index (χ4n) is 4.07. The molecule has 2 saturated carbocycles. The summed E-state index contributed by atoms with van der Waals surface area (Å²) in [7, 11) is 0. The monoisotopic (exact) mass is 265 g/mol. The first-order valence-corrected chi connectivity index (χ1v) is 8.29. The van der Waals surface area contributed by atoms with Crippen LogP contribution in [0.4, 0.5) is 0 Å². The van der Waals surface area contributed by atoms with Crippen LogP contribution in [0.3, 0.4) is 0 Å². The van der Waals surface area contributed by atoms with E-state index in [1.54, 1.807) is 0 Å². The van der Waals surface area contributed by atoms with Crippen molar-refractivity contribution in [1.82, 2.24) is 4.90 Å². The first-order chi connectivity index (χ1) is 9.36. The van der Waals surface area contributed by atoms with Crippen LogP contribution in [-0.2, 0) is 9.47 Å². The summed E-state index contributed by atoms with van der Waals surface area (Å²) in [5.41, 5.74) is 0.322. The normalized spacial score (nSPS) is 40.1. The van der Waals surface area contributed by atoms with Crippen molar-refractivity contribution >= 4 is 0 Å². The first kappa shape index (κ1) is 12.6. The third kappa shape index (κ3) is 2.45. The van der Waals surface area contributed by atoms with Crippen molar-refractivity contribution in [2.24, 2.45) is 11.3 Å². The number of ether oxygens (including phenoxy) is 2. The van der Waals surface area contributed by atoms with Crippen molar-refractivity contribution in [2.45, 2.75) is 57.1 Å². The summed E-state index contributed by atoms with van der Waals surface area (Å²) >= 11 is 0. The van der Waals surface area contributed by atoms with Gasteiger partial charge in [-0.2, -0.15) is 0 Å². The topological polar surface area (TPSA) is 21.7 Å². The van der Waals surface area contributed by atoms with Gasteiger partial charge in [0.2, 0.25) is 0 Å². The molecule has 0 N–H and O–H groups in total. The second kappa shape index (κ2) is 5.01. The van der Waals surface area contributed by atoms with Gasteiger partial charge in [0.05, 0.1) is 12.7 Å². The van der Waals surface area contributed by atoms with Gasteiger partial charge in [-0.15, -0.1) is 0 Å². The minimum absolute atomic E-state index is 0.322. The quantitative estimate of drug-likeness (QED) is 0.762. The molecule has 0 unspecified atom stereocenters. The van der Waals surface area contributed by atoms with E-state index in [0.717, 1.165) is 31.8 Å². The highest BCUT2D eigenvalue weighted by Gasteiger charge is 2.49. The van der Waals surface area contributed by atoms with Gasteiger partial charge in [0, 0.05) is 37.8 Å². The number of likely N-dealkylation sites (tertiary alicyclic amines) is 1. The number of piperidine rings is 1. The fraction of sp³-hybridized carbons (Fsp3) is 1.00. The first-order valence-electron chi connectivity index (χ1n) is 8.29. The predicted molar refractivity (Wildman–Crippen MR) is 74.2 cm³/mol. The maximum absolute atomic E-state index is 6.07. The Bertz CT molecular complexity index is 327. The van der Waals surface area contributed by atoms with Crippen LogP contribution in [0.1, 0.15) is 44.9 Å². The molecule has 0 spiro atoms. The average molecular weight is 265 g/mol. The van der Waals surface area contributed by atoms with Gasteiger partial charge in [0.1, 0.15) is 0 Å². The van der Waals surface area contributed by atoms with Crippen LogP contribution in [0.2, 0.25) is 0 Å². The minimum Gasteiger partial charge on any atom is -0.380 e. The molecule has 3 nitrogen and oxygen atoms in total. The third-order valence-corrected chi connectivity index (χ3v) is 5.83. The lowest BCUT2D eigenvalue weighted by Crippen LogP contribution is -2.56. The molecule has 2 aliphatic carbocycles. The predicted octanol–water partition coefficient (Wildman–Crippen LogP) is 2.45. The molecule has 0 aromatic carbocycles. The van der Waals surface area contributed by atoms with Crippen LogP contribution in [0, 0.1) is 11.3 Å². The van der Waals surface area contributed by atoms with Crippen molar-refractivity contribution in [2.75, 3.05) is 32.9 Å². The summed E-state index contributed by atoms with van der Waals surface area (Å²) in [4.78, 5) is 2.75. The van der Waals surface area contributed by atoms with E-state index in [1.807, 2.05) is 0 Å². The number of hydrogen-bond donors (Lipinski definition) is 0. The van der Waals surface area contributed by atoms with E-state index < -0.39 is 0 Å². The molecule has 0 amide bonds. The van der Waals surface area contributed by atoms with Gasteiger partial charge < -0.3 is 9.47 Å². The highest BCUT2D eigenvalue weighted by Crippen LogP contribution is 2.43. The Balaban J connectivity index is 1.38. The van der Waals surface area contributed by atoms with Crippen molar-refractivity contribution in [1.29, 1.82) is 0 Å². The molecule has 2 aliphatic heterocycles. The van der Waals surface area contributed by atoms with E-state index >= 15 is 0 Å². The molecular weight excluding hydrogens is 238 g/mol. The highest BCUT2D eigenvalue weighted by molar-refractivity contribution is 5.00. The molecular formula is C16H27NO2. The molecule has 4 aliphatic rings. The maximum Gasteiger partial charge on any atom is 0.0678 e. The van der Waals surface area contributed by atoms with E-state index in [0.29, 0.717) is 11.5 Å². The number of hydrogen-bond acceptors (Lipinski definition) is 3. The molecule has 0 aromatic heterocycles. The third-order valence-electron chi connectivity index (χ3n) is 5.83. The Morgan fingerprint density at radius 1 is 1.16 bits per heavy atom. The summed E-state index contributed by atoms with van der Waals surface area (Å²) in [6, 6.07) is 0.877. The van der Waals surface area contributed by atoms with Gasteiger partial charge in [0.15, 0.2) is 0 Å². The molecule has 2 atom stereocenters. The van der Waals surface area contributed by atoms with Gasteiger partial charge >= 0.3 is 0 Å². The summed E-state index contributed by atoms with van der Waals surface area (Å²) in [5.74, 6) is 0.878. The second-order valence-electron chi connectivity index (χ2n) is 7.27. The number of nitrogens with zero attached hydrogens (tertiary/aromatic N) is 1. The van der Waals surface area contributed by atoms with Crippen LogP contribution < -0.4 is 0 Å². The molecule has 0 radical (unpaired) electrons. The van der Waals surface area contributed by atoms with Gasteiger partial charge in [-0.25, -0.2) is 0 Å². The SMILES string of the molecule is C1CC(N2CC[C@@H]3OCC[C@]3(COCC3CC3)C2)C1. The second-order valence-corrected chi connectivity index (χ2v) is 7.27. The van der Waals surface area contributed by atoms with E-state index in [2.05, 4.69) is 4.90 Å². The van der Waals surface area contributed by atoms with E-state index in [1.165, 1.54) is 58.0 Å². The summed E-state index contributed by atoms with van der Waals surface area (Å²) < 4.78 is 12.1. The van der Waals surface area contributed by atoms with E-state index in [9.17, 15) is 0 Å². The molecule has 4 fully saturated rings. The maximum atomic E-state index is 6.07. The molecule has 2 saturated heterocycles. The van der Waals surface area contributed by atoms with Crippen LogP contribution in [0.5, 0.6) is 0 Å². The Morgan fingerprint density at radius 3 is 2.79 bits per heavy atom. The fourth-order valence-corrected chi connectivity index (χ4v) is 4.07. The molecule has 108 valence electrons. The van der Waals surface area contributed by atoms with E-state index in [-0.39, 0.29) is 0 Å². The zero-order valence-corrected chi connectivity index (χ0v) is 12.0. The summed E-state index contributed by atoms with van der Waals surface area (Å²) in [6.07, 6.45) is 9.97.